The summed E-state index contributed by atoms with van der Waals surface area (Å²) in [5.41, 5.74) is 4.19. The summed E-state index contributed by atoms with van der Waals surface area (Å²) in [6, 6.07) is 21.1. The minimum absolute atomic E-state index is 0.0166. The third kappa shape index (κ3) is 8.83. The lowest BCUT2D eigenvalue weighted by molar-refractivity contribution is -0.384. The van der Waals surface area contributed by atoms with Crippen molar-refractivity contribution in [3.8, 4) is 0 Å². The van der Waals surface area contributed by atoms with Gasteiger partial charge in [0.25, 0.3) is 5.69 Å². The highest BCUT2D eigenvalue weighted by atomic mass is 16.7. The fourth-order valence-corrected chi connectivity index (χ4v) is 5.82. The van der Waals surface area contributed by atoms with Crippen LogP contribution in [0.4, 0.5) is 21.9 Å². The molecule has 0 spiro atoms. The quantitative estimate of drug-likeness (QED) is 0.155. The van der Waals surface area contributed by atoms with Crippen molar-refractivity contribution in [1.29, 1.82) is 0 Å². The van der Waals surface area contributed by atoms with Crippen molar-refractivity contribution >= 4 is 29.1 Å². The first-order valence-corrected chi connectivity index (χ1v) is 15.8. The number of ether oxygens (including phenoxy) is 3. The number of nitrogens with zero attached hydrogens (tertiary/aromatic N) is 3. The molecule has 2 amide bonds. The number of hydrogen-bond acceptors (Lipinski definition) is 10. The maximum atomic E-state index is 12.2. The van der Waals surface area contributed by atoms with E-state index in [2.05, 4.69) is 27.4 Å². The van der Waals surface area contributed by atoms with Gasteiger partial charge in [0.1, 0.15) is 6.54 Å². The third-order valence-corrected chi connectivity index (χ3v) is 8.50. The van der Waals surface area contributed by atoms with E-state index >= 15 is 0 Å². The molecule has 3 aromatic carbocycles. The van der Waals surface area contributed by atoms with Crippen LogP contribution in [0.1, 0.15) is 42.9 Å². The van der Waals surface area contributed by atoms with Crippen LogP contribution in [-0.4, -0.2) is 78.9 Å². The molecule has 2 saturated heterocycles. The van der Waals surface area contributed by atoms with Crippen molar-refractivity contribution in [3.05, 3.63) is 99.6 Å². The molecular weight excluding hydrogens is 606 g/mol. The van der Waals surface area contributed by atoms with Crippen molar-refractivity contribution in [3.63, 3.8) is 0 Å². The average Bonchev–Trinajstić information content (AvgIpc) is 3.09. The molecule has 3 aromatic rings. The molecule has 2 aliphatic heterocycles. The second-order valence-electron chi connectivity index (χ2n) is 11.6. The summed E-state index contributed by atoms with van der Waals surface area (Å²) in [6.07, 6.45) is -1.08. The molecule has 47 heavy (non-hydrogen) atoms. The van der Waals surface area contributed by atoms with Gasteiger partial charge < -0.3 is 34.9 Å². The van der Waals surface area contributed by atoms with Crippen LogP contribution in [0.15, 0.2) is 72.8 Å². The Bertz CT molecular complexity index is 1490. The molecule has 0 saturated carbocycles. The SMILES string of the molecule is CCOC(=O)CNC(=O)Nc1ccc(C2OC(CN3CCN(c4ccc([N+](=O)[O-])cc4)CC3)C(C)C(c3ccc(CO)cc3)O2)cc1. The number of anilines is 2. The number of piperazine rings is 1. The van der Waals surface area contributed by atoms with Gasteiger partial charge in [-0.3, -0.25) is 19.8 Å². The van der Waals surface area contributed by atoms with Gasteiger partial charge in [0.15, 0.2) is 6.29 Å². The summed E-state index contributed by atoms with van der Waals surface area (Å²) in [7, 11) is 0. The Labute approximate surface area is 273 Å². The number of non-ortho nitro benzene ring substituents is 1. The zero-order valence-electron chi connectivity index (χ0n) is 26.5. The Morgan fingerprint density at radius 3 is 2.23 bits per heavy atom. The van der Waals surface area contributed by atoms with Gasteiger partial charge >= 0.3 is 12.0 Å². The summed E-state index contributed by atoms with van der Waals surface area (Å²) in [5.74, 6) is -0.497. The molecule has 0 aliphatic carbocycles. The molecule has 4 atom stereocenters. The summed E-state index contributed by atoms with van der Waals surface area (Å²) in [5, 5.41) is 25.8. The third-order valence-electron chi connectivity index (χ3n) is 8.50. The maximum Gasteiger partial charge on any atom is 0.325 e. The first-order chi connectivity index (χ1) is 22.7. The Hall–Kier alpha value is -4.56. The maximum absolute atomic E-state index is 12.2. The number of aliphatic hydroxyl groups is 1. The first kappa shape index (κ1) is 33.8. The van der Waals surface area contributed by atoms with Crippen molar-refractivity contribution in [2.45, 2.75) is 39.0 Å². The van der Waals surface area contributed by atoms with Crippen LogP contribution in [-0.2, 0) is 25.6 Å². The molecule has 250 valence electrons. The topological polar surface area (TPSA) is 156 Å². The van der Waals surface area contributed by atoms with Gasteiger partial charge in [-0.1, -0.05) is 43.3 Å². The number of nitrogens with one attached hydrogen (secondary N) is 2. The highest BCUT2D eigenvalue weighted by Crippen LogP contribution is 2.42. The van der Waals surface area contributed by atoms with Crippen molar-refractivity contribution in [1.82, 2.24) is 10.2 Å². The summed E-state index contributed by atoms with van der Waals surface area (Å²) < 4.78 is 18.0. The van der Waals surface area contributed by atoms with E-state index in [1.807, 2.05) is 36.4 Å². The number of benzene rings is 3. The largest absolute Gasteiger partial charge is 0.465 e. The number of nitro groups is 1. The lowest BCUT2D eigenvalue weighted by atomic mass is 9.90. The number of aliphatic hydroxyl groups excluding tert-OH is 1. The molecule has 5 rings (SSSR count). The van der Waals surface area contributed by atoms with Gasteiger partial charge in [-0.25, -0.2) is 4.79 Å². The van der Waals surface area contributed by atoms with Gasteiger partial charge in [-0.2, -0.15) is 0 Å². The van der Waals surface area contributed by atoms with Crippen LogP contribution in [0, 0.1) is 16.0 Å². The highest BCUT2D eigenvalue weighted by molar-refractivity contribution is 5.91. The molecular formula is C34H41N5O8. The van der Waals surface area contributed by atoms with Gasteiger partial charge in [0.2, 0.25) is 0 Å². The van der Waals surface area contributed by atoms with Crippen LogP contribution in [0.3, 0.4) is 0 Å². The molecule has 0 radical (unpaired) electrons. The van der Waals surface area contributed by atoms with E-state index in [4.69, 9.17) is 14.2 Å². The monoisotopic (exact) mass is 647 g/mol. The fraction of sp³-hybridized carbons (Fsp3) is 0.412. The second-order valence-corrected chi connectivity index (χ2v) is 11.6. The minimum atomic E-state index is -0.660. The van der Waals surface area contributed by atoms with Crippen LogP contribution >= 0.6 is 0 Å². The molecule has 0 aromatic heterocycles. The van der Waals surface area contributed by atoms with Crippen molar-refractivity contribution in [2.24, 2.45) is 5.92 Å². The van der Waals surface area contributed by atoms with E-state index < -0.39 is 23.2 Å². The predicted octanol–water partition coefficient (Wildman–Crippen LogP) is 4.39. The highest BCUT2D eigenvalue weighted by Gasteiger charge is 2.39. The van der Waals surface area contributed by atoms with E-state index in [0.717, 1.165) is 48.6 Å². The number of esters is 1. The van der Waals surface area contributed by atoms with Crippen molar-refractivity contribution < 1.29 is 33.8 Å². The zero-order valence-corrected chi connectivity index (χ0v) is 26.5. The first-order valence-electron chi connectivity index (χ1n) is 15.8. The van der Waals surface area contributed by atoms with E-state index in [1.165, 1.54) is 12.1 Å². The van der Waals surface area contributed by atoms with E-state index in [-0.39, 0.29) is 43.6 Å². The predicted molar refractivity (Wildman–Crippen MR) is 175 cm³/mol. The molecule has 0 bridgehead atoms. The number of hydrogen-bond donors (Lipinski definition) is 3. The molecule has 2 heterocycles. The van der Waals surface area contributed by atoms with E-state index in [0.29, 0.717) is 12.2 Å². The molecule has 13 heteroatoms. The summed E-state index contributed by atoms with van der Waals surface area (Å²) >= 11 is 0. The smallest absolute Gasteiger partial charge is 0.325 e. The minimum Gasteiger partial charge on any atom is -0.465 e. The Balaban J connectivity index is 1.25. The number of carbonyl (C=O) groups excluding carboxylic acids is 2. The molecule has 2 fully saturated rings. The lowest BCUT2D eigenvalue weighted by Crippen LogP contribution is -2.51. The Morgan fingerprint density at radius 1 is 0.957 bits per heavy atom. The van der Waals surface area contributed by atoms with Gasteiger partial charge in [0, 0.05) is 67.7 Å². The Morgan fingerprint density at radius 2 is 1.62 bits per heavy atom. The normalized spacial score (nSPS) is 21.6. The molecule has 3 N–H and O–H groups in total. The Kier molecular flexibility index (Phi) is 11.4. The number of amides is 2. The van der Waals surface area contributed by atoms with E-state index in [1.54, 1.807) is 31.2 Å². The van der Waals surface area contributed by atoms with Crippen molar-refractivity contribution in [2.75, 3.05) is 56.1 Å². The molecule has 2 aliphatic rings. The average molecular weight is 648 g/mol. The van der Waals surface area contributed by atoms with Crippen LogP contribution in [0.5, 0.6) is 0 Å². The van der Waals surface area contributed by atoms with Gasteiger partial charge in [-0.15, -0.1) is 0 Å². The molecule has 13 nitrogen and oxygen atoms in total. The van der Waals surface area contributed by atoms with Crippen LogP contribution in [0.25, 0.3) is 0 Å². The molecule has 4 unspecified atom stereocenters. The number of rotatable bonds is 11. The number of carbonyl (C=O) groups is 2. The van der Waals surface area contributed by atoms with Gasteiger partial charge in [-0.05, 0) is 42.3 Å². The standard InChI is InChI=1S/C34H41N5O8/c1-3-45-31(41)20-35-34(42)36-27-10-8-26(9-11-27)33-46-30(23(2)32(47-33)25-6-4-24(22-40)5-7-25)21-37-16-18-38(19-17-37)28-12-14-29(15-13-28)39(43)44/h4-15,23,30,32-33,40H,3,16-22H2,1-2H3,(H2,35,36,42). The van der Waals surface area contributed by atoms with E-state index in [9.17, 15) is 24.8 Å². The fourth-order valence-electron chi connectivity index (χ4n) is 5.82. The lowest BCUT2D eigenvalue weighted by Gasteiger charge is -2.44. The second kappa shape index (κ2) is 15.8. The zero-order chi connectivity index (χ0) is 33.3. The number of nitro benzene ring substituents is 1. The van der Waals surface area contributed by atoms with Crippen LogP contribution in [0.2, 0.25) is 0 Å². The summed E-state index contributed by atoms with van der Waals surface area (Å²) in [6.45, 7) is 7.68. The summed E-state index contributed by atoms with van der Waals surface area (Å²) in [4.78, 5) is 39.0. The number of urea groups is 1. The van der Waals surface area contributed by atoms with Gasteiger partial charge in [0.05, 0.1) is 30.3 Å². The van der Waals surface area contributed by atoms with Crippen LogP contribution < -0.4 is 15.5 Å².